The highest BCUT2D eigenvalue weighted by molar-refractivity contribution is 5.76. The Kier molecular flexibility index (Phi) is 4.88. The molecule has 1 atom stereocenters. The zero-order valence-corrected chi connectivity index (χ0v) is 11.1. The van der Waals surface area contributed by atoms with Gasteiger partial charge in [0.25, 0.3) is 0 Å². The van der Waals surface area contributed by atoms with E-state index in [4.69, 9.17) is 9.84 Å². The third-order valence-electron chi connectivity index (χ3n) is 2.10. The van der Waals surface area contributed by atoms with Crippen LogP contribution in [0.25, 0.3) is 0 Å². The molecule has 19 heavy (non-hydrogen) atoms. The molecule has 1 aromatic carbocycles. The zero-order valence-electron chi connectivity index (χ0n) is 11.1. The second-order valence-electron chi connectivity index (χ2n) is 4.95. The highest BCUT2D eigenvalue weighted by Crippen LogP contribution is 2.12. The van der Waals surface area contributed by atoms with Crippen LogP contribution >= 0.6 is 0 Å². The van der Waals surface area contributed by atoms with E-state index in [1.54, 1.807) is 51.1 Å². The van der Waals surface area contributed by atoms with Crippen LogP contribution in [0.2, 0.25) is 0 Å². The van der Waals surface area contributed by atoms with Crippen molar-refractivity contribution in [2.45, 2.75) is 32.4 Å². The summed E-state index contributed by atoms with van der Waals surface area (Å²) in [7, 11) is 0. The van der Waals surface area contributed by atoms with E-state index in [9.17, 15) is 9.59 Å². The molecular weight excluding hydrogens is 248 g/mol. The summed E-state index contributed by atoms with van der Waals surface area (Å²) in [6.45, 7) is 5.16. The Morgan fingerprint density at radius 1 is 1.21 bits per heavy atom. The molecule has 0 aliphatic rings. The molecule has 6 nitrogen and oxygen atoms in total. The second kappa shape index (κ2) is 6.19. The first-order valence-corrected chi connectivity index (χ1v) is 5.82. The molecule has 104 valence electrons. The molecule has 1 unspecified atom stereocenters. The number of amides is 1. The van der Waals surface area contributed by atoms with E-state index in [2.05, 4.69) is 10.9 Å². The van der Waals surface area contributed by atoms with Crippen LogP contribution in [-0.4, -0.2) is 22.8 Å². The van der Waals surface area contributed by atoms with Crippen LogP contribution in [0.3, 0.4) is 0 Å². The molecular formula is C13H18N2O4. The summed E-state index contributed by atoms with van der Waals surface area (Å²) < 4.78 is 5.00. The van der Waals surface area contributed by atoms with Gasteiger partial charge in [0.2, 0.25) is 0 Å². The van der Waals surface area contributed by atoms with Crippen LogP contribution in [0.15, 0.2) is 30.3 Å². The van der Waals surface area contributed by atoms with Gasteiger partial charge in [-0.3, -0.25) is 10.2 Å². The van der Waals surface area contributed by atoms with Crippen LogP contribution < -0.4 is 10.9 Å². The van der Waals surface area contributed by atoms with E-state index in [-0.39, 0.29) is 0 Å². The van der Waals surface area contributed by atoms with Gasteiger partial charge in [-0.05, 0) is 26.3 Å². The Morgan fingerprint density at radius 3 is 2.26 bits per heavy atom. The van der Waals surface area contributed by atoms with Crippen molar-refractivity contribution in [2.75, 3.05) is 0 Å². The average molecular weight is 266 g/mol. The fraction of sp³-hybridized carbons (Fsp3) is 0.385. The predicted octanol–water partition coefficient (Wildman–Crippen LogP) is 1.84. The van der Waals surface area contributed by atoms with Gasteiger partial charge < -0.3 is 9.84 Å². The van der Waals surface area contributed by atoms with Crippen molar-refractivity contribution in [3.8, 4) is 0 Å². The normalized spacial score (nSPS) is 12.6. The molecule has 0 fully saturated rings. The lowest BCUT2D eigenvalue weighted by molar-refractivity contribution is -0.139. The van der Waals surface area contributed by atoms with Crippen molar-refractivity contribution < 1.29 is 19.4 Å². The van der Waals surface area contributed by atoms with Gasteiger partial charge in [0.1, 0.15) is 11.6 Å². The minimum Gasteiger partial charge on any atom is -0.480 e. The smallest absolute Gasteiger partial charge is 0.422 e. The number of benzene rings is 1. The molecule has 1 amide bonds. The number of aliphatic carboxylic acids is 1. The van der Waals surface area contributed by atoms with Crippen LogP contribution in [0.1, 0.15) is 32.4 Å². The standard InChI is InChI=1S/C13H18N2O4/c1-13(2,3)19-12(18)15-14-10(11(16)17)9-7-5-4-6-8-9/h4-8,10,14H,1-3H3,(H,15,18)(H,16,17). The van der Waals surface area contributed by atoms with Gasteiger partial charge in [-0.2, -0.15) is 0 Å². The molecule has 1 aromatic rings. The van der Waals surface area contributed by atoms with Crippen LogP contribution in [0.4, 0.5) is 4.79 Å². The van der Waals surface area contributed by atoms with Gasteiger partial charge in [-0.15, -0.1) is 0 Å². The van der Waals surface area contributed by atoms with Crippen LogP contribution in [0.5, 0.6) is 0 Å². The number of carbonyl (C=O) groups excluding carboxylic acids is 1. The number of ether oxygens (including phenoxy) is 1. The summed E-state index contributed by atoms with van der Waals surface area (Å²) in [4.78, 5) is 22.6. The Morgan fingerprint density at radius 2 is 1.79 bits per heavy atom. The van der Waals surface area contributed by atoms with Gasteiger partial charge in [0, 0.05) is 0 Å². The van der Waals surface area contributed by atoms with Crippen molar-refractivity contribution in [3.05, 3.63) is 35.9 Å². The van der Waals surface area contributed by atoms with E-state index < -0.39 is 23.7 Å². The van der Waals surface area contributed by atoms with Crippen LogP contribution in [0, 0.1) is 0 Å². The quantitative estimate of drug-likeness (QED) is 0.724. The van der Waals surface area contributed by atoms with E-state index in [0.717, 1.165) is 0 Å². The number of nitrogens with one attached hydrogen (secondary N) is 2. The molecule has 0 aromatic heterocycles. The maximum absolute atomic E-state index is 11.4. The Hall–Kier alpha value is -2.08. The maximum Gasteiger partial charge on any atom is 0.422 e. The highest BCUT2D eigenvalue weighted by atomic mass is 16.6. The van der Waals surface area contributed by atoms with Crippen molar-refractivity contribution in [3.63, 3.8) is 0 Å². The summed E-state index contributed by atoms with van der Waals surface area (Å²) in [5.74, 6) is -1.10. The molecule has 0 aliphatic heterocycles. The van der Waals surface area contributed by atoms with Crippen molar-refractivity contribution >= 4 is 12.1 Å². The number of hydrogen-bond donors (Lipinski definition) is 3. The third kappa shape index (κ3) is 5.39. The average Bonchev–Trinajstić information content (AvgIpc) is 2.27. The summed E-state index contributed by atoms with van der Waals surface area (Å²) in [5.41, 5.74) is 4.55. The molecule has 3 N–H and O–H groups in total. The first kappa shape index (κ1) is 15.0. The number of carbonyl (C=O) groups is 2. The monoisotopic (exact) mass is 266 g/mol. The molecule has 0 saturated heterocycles. The molecule has 6 heteroatoms. The number of hydrogen-bond acceptors (Lipinski definition) is 4. The first-order chi connectivity index (χ1) is 8.79. The predicted molar refractivity (Wildman–Crippen MR) is 69.3 cm³/mol. The topological polar surface area (TPSA) is 87.7 Å². The molecule has 0 spiro atoms. The Balaban J connectivity index is 2.62. The molecule has 1 rings (SSSR count). The SMILES string of the molecule is CC(C)(C)OC(=O)NNC(C(=O)O)c1ccccc1. The van der Waals surface area contributed by atoms with Gasteiger partial charge in [-0.1, -0.05) is 30.3 Å². The molecule has 0 bridgehead atoms. The molecule has 0 heterocycles. The fourth-order valence-electron chi connectivity index (χ4n) is 1.37. The fourth-order valence-corrected chi connectivity index (χ4v) is 1.37. The minimum atomic E-state index is -1.10. The van der Waals surface area contributed by atoms with Crippen LogP contribution in [-0.2, 0) is 9.53 Å². The maximum atomic E-state index is 11.4. The molecule has 0 saturated carbocycles. The van der Waals surface area contributed by atoms with E-state index >= 15 is 0 Å². The molecule has 0 aliphatic carbocycles. The number of carboxylic acid groups (broad SMARTS) is 1. The van der Waals surface area contributed by atoms with Gasteiger partial charge >= 0.3 is 12.1 Å². The lowest BCUT2D eigenvalue weighted by atomic mass is 10.1. The van der Waals surface area contributed by atoms with Gasteiger partial charge in [0.05, 0.1) is 0 Å². The Labute approximate surface area is 111 Å². The van der Waals surface area contributed by atoms with Crippen molar-refractivity contribution in [1.29, 1.82) is 0 Å². The van der Waals surface area contributed by atoms with E-state index in [1.165, 1.54) is 0 Å². The van der Waals surface area contributed by atoms with Crippen molar-refractivity contribution in [1.82, 2.24) is 10.9 Å². The van der Waals surface area contributed by atoms with E-state index in [0.29, 0.717) is 5.56 Å². The third-order valence-corrected chi connectivity index (χ3v) is 2.10. The zero-order chi connectivity index (χ0) is 14.5. The number of rotatable bonds is 4. The minimum absolute atomic E-state index is 0.533. The first-order valence-electron chi connectivity index (χ1n) is 5.82. The molecule has 0 radical (unpaired) electrons. The summed E-state index contributed by atoms with van der Waals surface area (Å²) in [5, 5.41) is 9.12. The summed E-state index contributed by atoms with van der Waals surface area (Å²) >= 11 is 0. The number of carboxylic acids is 1. The van der Waals surface area contributed by atoms with Crippen molar-refractivity contribution in [2.24, 2.45) is 0 Å². The summed E-state index contributed by atoms with van der Waals surface area (Å²) in [6, 6.07) is 7.50. The Bertz CT molecular complexity index is 440. The largest absolute Gasteiger partial charge is 0.480 e. The van der Waals surface area contributed by atoms with Gasteiger partial charge in [-0.25, -0.2) is 10.2 Å². The van der Waals surface area contributed by atoms with Gasteiger partial charge in [0.15, 0.2) is 0 Å². The lowest BCUT2D eigenvalue weighted by Crippen LogP contribution is -2.45. The van der Waals surface area contributed by atoms with E-state index in [1.807, 2.05) is 0 Å². The lowest BCUT2D eigenvalue weighted by Gasteiger charge is -2.21. The second-order valence-corrected chi connectivity index (χ2v) is 4.95. The summed E-state index contributed by atoms with van der Waals surface area (Å²) in [6.07, 6.45) is -0.727. The number of hydrazine groups is 1. The highest BCUT2D eigenvalue weighted by Gasteiger charge is 2.21.